The molecule has 0 heterocycles. The van der Waals surface area contributed by atoms with Gasteiger partial charge in [-0.15, -0.1) is 0 Å². The number of nitrogens with zero attached hydrogens (tertiary/aromatic N) is 1. The Hall–Kier alpha value is -0.0800. The van der Waals surface area contributed by atoms with Gasteiger partial charge in [-0.05, 0) is 38.8 Å². The summed E-state index contributed by atoms with van der Waals surface area (Å²) in [6, 6.07) is 0.440. The van der Waals surface area contributed by atoms with Crippen LogP contribution >= 0.6 is 0 Å². The molecule has 2 unspecified atom stereocenters. The van der Waals surface area contributed by atoms with Gasteiger partial charge in [0.15, 0.2) is 0 Å². The van der Waals surface area contributed by atoms with Crippen LogP contribution in [0.25, 0.3) is 0 Å². The summed E-state index contributed by atoms with van der Waals surface area (Å²) in [5.74, 6) is 0. The van der Waals surface area contributed by atoms with Gasteiger partial charge in [-0.25, -0.2) is 0 Å². The Morgan fingerprint density at radius 3 is 2.12 bits per heavy atom. The van der Waals surface area contributed by atoms with E-state index in [2.05, 4.69) is 18.7 Å². The first kappa shape index (κ1) is 15.0. The minimum Gasteiger partial charge on any atom is -0.391 e. The van der Waals surface area contributed by atoms with Gasteiger partial charge in [0.05, 0.1) is 6.10 Å². The van der Waals surface area contributed by atoms with E-state index in [1.54, 1.807) is 0 Å². The summed E-state index contributed by atoms with van der Waals surface area (Å²) in [7, 11) is 0. The van der Waals surface area contributed by atoms with E-state index in [-0.39, 0.29) is 6.10 Å². The maximum absolute atomic E-state index is 10.3. The summed E-state index contributed by atoms with van der Waals surface area (Å²) in [5.41, 5.74) is 0. The molecule has 0 radical (unpaired) electrons. The molecule has 0 aromatic heterocycles. The quantitative estimate of drug-likeness (QED) is 0.689. The molecule has 2 atom stereocenters. The highest BCUT2D eigenvalue weighted by molar-refractivity contribution is 4.81. The van der Waals surface area contributed by atoms with Crippen molar-refractivity contribution in [1.29, 1.82) is 0 Å². The second kappa shape index (κ2) is 8.93. The van der Waals surface area contributed by atoms with E-state index < -0.39 is 0 Å². The molecule has 0 saturated heterocycles. The third kappa shape index (κ3) is 5.39. The smallest absolute Gasteiger partial charge is 0.0695 e. The fourth-order valence-corrected chi connectivity index (χ4v) is 2.86. The van der Waals surface area contributed by atoms with Crippen molar-refractivity contribution in [1.82, 2.24) is 4.90 Å². The average Bonchev–Trinajstić information content (AvgIpc) is 2.55. The first-order chi connectivity index (χ1) is 8.29. The summed E-state index contributed by atoms with van der Waals surface area (Å²) in [6.07, 6.45) is 11.0. The van der Waals surface area contributed by atoms with E-state index in [1.807, 2.05) is 0 Å². The lowest BCUT2D eigenvalue weighted by Crippen LogP contribution is -2.44. The van der Waals surface area contributed by atoms with E-state index >= 15 is 0 Å². The number of hydrogen-bond acceptors (Lipinski definition) is 2. The maximum atomic E-state index is 10.3. The molecule has 0 bridgehead atoms. The predicted octanol–water partition coefficient (Wildman–Crippen LogP) is 3.58. The minimum atomic E-state index is -0.0776. The zero-order valence-electron chi connectivity index (χ0n) is 11.8. The van der Waals surface area contributed by atoms with Crippen LogP contribution in [0.1, 0.15) is 71.6 Å². The molecule has 0 aromatic rings. The van der Waals surface area contributed by atoms with Crippen LogP contribution in [0.3, 0.4) is 0 Å². The van der Waals surface area contributed by atoms with E-state index in [9.17, 15) is 5.11 Å². The van der Waals surface area contributed by atoms with Gasteiger partial charge in [-0.1, -0.05) is 46.0 Å². The molecule has 1 aliphatic carbocycles. The van der Waals surface area contributed by atoms with Crippen molar-refractivity contribution in [3.8, 4) is 0 Å². The van der Waals surface area contributed by atoms with E-state index in [4.69, 9.17) is 0 Å². The average molecular weight is 241 g/mol. The second-order valence-electron chi connectivity index (χ2n) is 5.52. The van der Waals surface area contributed by atoms with Crippen molar-refractivity contribution in [3.05, 3.63) is 0 Å². The Labute approximate surface area is 107 Å². The molecular weight excluding hydrogens is 210 g/mol. The SMILES string of the molecule is CCCCN(CCCC)C1CCCCCC1O. The molecule has 0 amide bonds. The first-order valence-corrected chi connectivity index (χ1v) is 7.71. The Balaban J connectivity index is 2.51. The summed E-state index contributed by atoms with van der Waals surface area (Å²) in [4.78, 5) is 2.57. The molecule has 0 aliphatic heterocycles. The summed E-state index contributed by atoms with van der Waals surface area (Å²) in [5, 5.41) is 10.3. The highest BCUT2D eigenvalue weighted by Crippen LogP contribution is 2.23. The van der Waals surface area contributed by atoms with Gasteiger partial charge in [-0.3, -0.25) is 4.90 Å². The van der Waals surface area contributed by atoms with Gasteiger partial charge < -0.3 is 5.11 Å². The zero-order valence-corrected chi connectivity index (χ0v) is 11.8. The van der Waals surface area contributed by atoms with Gasteiger partial charge in [0.25, 0.3) is 0 Å². The van der Waals surface area contributed by atoms with Crippen molar-refractivity contribution >= 4 is 0 Å². The van der Waals surface area contributed by atoms with Crippen LogP contribution in [0.15, 0.2) is 0 Å². The first-order valence-electron chi connectivity index (χ1n) is 7.71. The van der Waals surface area contributed by atoms with Gasteiger partial charge in [0.2, 0.25) is 0 Å². The Kier molecular flexibility index (Phi) is 7.87. The molecule has 2 nitrogen and oxygen atoms in total. The van der Waals surface area contributed by atoms with Crippen molar-refractivity contribution in [2.75, 3.05) is 13.1 Å². The van der Waals surface area contributed by atoms with Crippen LogP contribution in [0, 0.1) is 0 Å². The third-order valence-electron chi connectivity index (χ3n) is 4.01. The molecule has 1 N–H and O–H groups in total. The third-order valence-corrected chi connectivity index (χ3v) is 4.01. The number of unbranched alkanes of at least 4 members (excludes halogenated alkanes) is 2. The predicted molar refractivity (Wildman–Crippen MR) is 74.3 cm³/mol. The van der Waals surface area contributed by atoms with E-state index in [1.165, 1.54) is 64.5 Å². The fraction of sp³-hybridized carbons (Fsp3) is 1.00. The molecule has 0 spiro atoms. The summed E-state index contributed by atoms with van der Waals surface area (Å²) in [6.45, 7) is 6.86. The number of aliphatic hydroxyl groups excluding tert-OH is 1. The van der Waals surface area contributed by atoms with Crippen LogP contribution in [0.2, 0.25) is 0 Å². The zero-order chi connectivity index (χ0) is 12.5. The number of rotatable bonds is 7. The Bertz CT molecular complexity index is 176. The monoisotopic (exact) mass is 241 g/mol. The number of aliphatic hydroxyl groups is 1. The van der Waals surface area contributed by atoms with Crippen molar-refractivity contribution in [3.63, 3.8) is 0 Å². The van der Waals surface area contributed by atoms with Gasteiger partial charge >= 0.3 is 0 Å². The fourth-order valence-electron chi connectivity index (χ4n) is 2.86. The van der Waals surface area contributed by atoms with Gasteiger partial charge in [-0.2, -0.15) is 0 Å². The van der Waals surface area contributed by atoms with Crippen LogP contribution < -0.4 is 0 Å². The van der Waals surface area contributed by atoms with Crippen LogP contribution in [0.5, 0.6) is 0 Å². The van der Waals surface area contributed by atoms with E-state index in [0.717, 1.165) is 6.42 Å². The minimum absolute atomic E-state index is 0.0776. The highest BCUT2D eigenvalue weighted by Gasteiger charge is 2.26. The molecule has 102 valence electrons. The topological polar surface area (TPSA) is 23.5 Å². The standard InChI is InChI=1S/C15H31NO/c1-3-5-12-16(13-6-4-2)14-10-8-7-9-11-15(14)17/h14-15,17H,3-13H2,1-2H3. The molecule has 2 heteroatoms. The van der Waals surface area contributed by atoms with Crippen LogP contribution in [0.4, 0.5) is 0 Å². The van der Waals surface area contributed by atoms with Gasteiger partial charge in [0, 0.05) is 6.04 Å². The van der Waals surface area contributed by atoms with Crippen molar-refractivity contribution < 1.29 is 5.11 Å². The molecule has 0 aromatic carbocycles. The lowest BCUT2D eigenvalue weighted by molar-refractivity contribution is 0.0423. The van der Waals surface area contributed by atoms with Crippen molar-refractivity contribution in [2.45, 2.75) is 83.8 Å². The number of hydrogen-bond donors (Lipinski definition) is 1. The van der Waals surface area contributed by atoms with E-state index in [0.29, 0.717) is 6.04 Å². The summed E-state index contributed by atoms with van der Waals surface area (Å²) >= 11 is 0. The highest BCUT2D eigenvalue weighted by atomic mass is 16.3. The second-order valence-corrected chi connectivity index (χ2v) is 5.52. The molecule has 1 saturated carbocycles. The van der Waals surface area contributed by atoms with Gasteiger partial charge in [0.1, 0.15) is 0 Å². The maximum Gasteiger partial charge on any atom is 0.0695 e. The van der Waals surface area contributed by atoms with Crippen molar-refractivity contribution in [2.24, 2.45) is 0 Å². The van der Waals surface area contributed by atoms with Crippen LogP contribution in [-0.4, -0.2) is 35.2 Å². The Morgan fingerprint density at radius 1 is 0.941 bits per heavy atom. The molecule has 1 aliphatic rings. The lowest BCUT2D eigenvalue weighted by Gasteiger charge is -2.34. The van der Waals surface area contributed by atoms with Crippen LogP contribution in [-0.2, 0) is 0 Å². The Morgan fingerprint density at radius 2 is 1.53 bits per heavy atom. The largest absolute Gasteiger partial charge is 0.391 e. The normalized spacial score (nSPS) is 26.1. The molecule has 1 fully saturated rings. The summed E-state index contributed by atoms with van der Waals surface area (Å²) < 4.78 is 0. The lowest BCUT2D eigenvalue weighted by atomic mass is 10.0. The molecule has 1 rings (SSSR count). The molecule has 17 heavy (non-hydrogen) atoms. The molecular formula is C15H31NO.